The van der Waals surface area contributed by atoms with Gasteiger partial charge in [0.2, 0.25) is 5.91 Å². The van der Waals surface area contributed by atoms with Gasteiger partial charge >= 0.3 is 0 Å². The van der Waals surface area contributed by atoms with Crippen LogP contribution in [0.15, 0.2) is 54.6 Å². The van der Waals surface area contributed by atoms with Crippen molar-refractivity contribution < 1.29 is 9.53 Å². The van der Waals surface area contributed by atoms with Gasteiger partial charge in [0.25, 0.3) is 0 Å². The number of ether oxygens (including phenoxy) is 1. The lowest BCUT2D eigenvalue weighted by Crippen LogP contribution is -2.36. The SMILES string of the molecule is Cc1ccc(OCC(C)NC(=O)CCc2ccccc2)cc1. The summed E-state index contributed by atoms with van der Waals surface area (Å²) in [6.45, 7) is 4.47. The molecule has 2 aromatic rings. The van der Waals surface area contributed by atoms with E-state index < -0.39 is 0 Å². The molecule has 0 aromatic heterocycles. The van der Waals surface area contributed by atoms with Crippen molar-refractivity contribution in [3.05, 3.63) is 65.7 Å². The Labute approximate surface area is 132 Å². The predicted molar refractivity (Wildman–Crippen MR) is 89.0 cm³/mol. The van der Waals surface area contributed by atoms with Crippen LogP contribution in [0, 0.1) is 6.92 Å². The van der Waals surface area contributed by atoms with Gasteiger partial charge in [-0.1, -0.05) is 48.0 Å². The van der Waals surface area contributed by atoms with Crippen molar-refractivity contribution in [2.75, 3.05) is 6.61 Å². The Morgan fingerprint density at radius 1 is 1.09 bits per heavy atom. The average Bonchev–Trinajstić information content (AvgIpc) is 2.53. The van der Waals surface area contributed by atoms with Gasteiger partial charge in [-0.05, 0) is 38.0 Å². The highest BCUT2D eigenvalue weighted by atomic mass is 16.5. The Morgan fingerprint density at radius 2 is 1.77 bits per heavy atom. The lowest BCUT2D eigenvalue weighted by molar-refractivity contribution is -0.121. The number of nitrogens with one attached hydrogen (secondary N) is 1. The van der Waals surface area contributed by atoms with Crippen LogP contribution in [0.25, 0.3) is 0 Å². The molecule has 1 atom stereocenters. The Morgan fingerprint density at radius 3 is 2.45 bits per heavy atom. The van der Waals surface area contributed by atoms with E-state index in [9.17, 15) is 4.79 Å². The highest BCUT2D eigenvalue weighted by Gasteiger charge is 2.08. The third-order valence-electron chi connectivity index (χ3n) is 3.41. The van der Waals surface area contributed by atoms with E-state index in [0.717, 1.165) is 12.2 Å². The molecule has 0 fully saturated rings. The average molecular weight is 297 g/mol. The molecule has 0 aliphatic carbocycles. The molecule has 0 saturated heterocycles. The van der Waals surface area contributed by atoms with Crippen LogP contribution in [0.5, 0.6) is 5.75 Å². The Balaban J connectivity index is 1.68. The predicted octanol–water partition coefficient (Wildman–Crippen LogP) is 3.51. The number of rotatable bonds is 7. The van der Waals surface area contributed by atoms with E-state index in [-0.39, 0.29) is 11.9 Å². The second-order valence-corrected chi connectivity index (χ2v) is 5.58. The molecule has 3 nitrogen and oxygen atoms in total. The second kappa shape index (κ2) is 8.23. The van der Waals surface area contributed by atoms with E-state index in [0.29, 0.717) is 13.0 Å². The molecule has 1 unspecified atom stereocenters. The largest absolute Gasteiger partial charge is 0.491 e. The lowest BCUT2D eigenvalue weighted by atomic mass is 10.1. The van der Waals surface area contributed by atoms with Crippen LogP contribution in [0.2, 0.25) is 0 Å². The molecule has 0 saturated carbocycles. The molecule has 1 N–H and O–H groups in total. The normalized spacial score (nSPS) is 11.7. The zero-order chi connectivity index (χ0) is 15.8. The van der Waals surface area contributed by atoms with Crippen LogP contribution in [-0.4, -0.2) is 18.6 Å². The fourth-order valence-corrected chi connectivity index (χ4v) is 2.15. The summed E-state index contributed by atoms with van der Waals surface area (Å²) >= 11 is 0. The summed E-state index contributed by atoms with van der Waals surface area (Å²) in [5, 5.41) is 2.97. The molecule has 2 aromatic carbocycles. The lowest BCUT2D eigenvalue weighted by Gasteiger charge is -2.15. The molecule has 0 aliphatic heterocycles. The van der Waals surface area contributed by atoms with Crippen molar-refractivity contribution >= 4 is 5.91 Å². The molecular formula is C19H23NO2. The number of carbonyl (C=O) groups excluding carboxylic acids is 1. The first-order valence-electron chi connectivity index (χ1n) is 7.66. The molecule has 0 aliphatic rings. The van der Waals surface area contributed by atoms with E-state index in [1.807, 2.05) is 68.4 Å². The highest BCUT2D eigenvalue weighted by Crippen LogP contribution is 2.11. The maximum Gasteiger partial charge on any atom is 0.220 e. The quantitative estimate of drug-likeness (QED) is 0.849. The topological polar surface area (TPSA) is 38.3 Å². The molecule has 0 heterocycles. The van der Waals surface area contributed by atoms with Gasteiger partial charge in [0.05, 0.1) is 6.04 Å². The third-order valence-corrected chi connectivity index (χ3v) is 3.41. The van der Waals surface area contributed by atoms with E-state index in [4.69, 9.17) is 4.74 Å². The number of aryl methyl sites for hydroxylation is 2. The van der Waals surface area contributed by atoms with Crippen LogP contribution in [0.3, 0.4) is 0 Å². The standard InChI is InChI=1S/C19H23NO2/c1-15-8-11-18(12-9-15)22-14-16(2)20-19(21)13-10-17-6-4-3-5-7-17/h3-9,11-12,16H,10,13-14H2,1-2H3,(H,20,21). The van der Waals surface area contributed by atoms with Crippen molar-refractivity contribution in [3.8, 4) is 5.75 Å². The van der Waals surface area contributed by atoms with Gasteiger partial charge in [-0.25, -0.2) is 0 Å². The van der Waals surface area contributed by atoms with Crippen molar-refractivity contribution in [2.45, 2.75) is 32.7 Å². The van der Waals surface area contributed by atoms with E-state index in [1.165, 1.54) is 11.1 Å². The van der Waals surface area contributed by atoms with Crippen molar-refractivity contribution in [1.82, 2.24) is 5.32 Å². The molecule has 1 amide bonds. The zero-order valence-corrected chi connectivity index (χ0v) is 13.2. The second-order valence-electron chi connectivity index (χ2n) is 5.58. The third kappa shape index (κ3) is 5.60. The summed E-state index contributed by atoms with van der Waals surface area (Å²) in [4.78, 5) is 11.9. The summed E-state index contributed by atoms with van der Waals surface area (Å²) in [5.41, 5.74) is 2.39. The van der Waals surface area contributed by atoms with Gasteiger partial charge in [0.15, 0.2) is 0 Å². The minimum absolute atomic E-state index is 0.00965. The smallest absolute Gasteiger partial charge is 0.220 e. The maximum atomic E-state index is 11.9. The summed E-state index contributed by atoms with van der Waals surface area (Å²) < 4.78 is 5.67. The first-order valence-corrected chi connectivity index (χ1v) is 7.66. The van der Waals surface area contributed by atoms with Gasteiger partial charge in [0, 0.05) is 6.42 Å². The van der Waals surface area contributed by atoms with Crippen molar-refractivity contribution in [2.24, 2.45) is 0 Å². The summed E-state index contributed by atoms with van der Waals surface area (Å²) in [5.74, 6) is 0.889. The first kappa shape index (κ1) is 16.1. The first-order chi connectivity index (χ1) is 10.6. The van der Waals surface area contributed by atoms with Gasteiger partial charge in [-0.3, -0.25) is 4.79 Å². The monoisotopic (exact) mass is 297 g/mol. The number of hydrogen-bond donors (Lipinski definition) is 1. The van der Waals surface area contributed by atoms with Crippen LogP contribution in [0.4, 0.5) is 0 Å². The molecule has 0 spiro atoms. The van der Waals surface area contributed by atoms with E-state index in [1.54, 1.807) is 0 Å². The van der Waals surface area contributed by atoms with Gasteiger partial charge < -0.3 is 10.1 Å². The molecule has 0 bridgehead atoms. The van der Waals surface area contributed by atoms with E-state index in [2.05, 4.69) is 5.32 Å². The minimum atomic E-state index is -0.00965. The molecule has 3 heteroatoms. The van der Waals surface area contributed by atoms with Crippen molar-refractivity contribution in [1.29, 1.82) is 0 Å². The Hall–Kier alpha value is -2.29. The van der Waals surface area contributed by atoms with E-state index >= 15 is 0 Å². The summed E-state index contributed by atoms with van der Waals surface area (Å²) in [6, 6.07) is 17.9. The van der Waals surface area contributed by atoms with Gasteiger partial charge in [-0.15, -0.1) is 0 Å². The summed E-state index contributed by atoms with van der Waals surface area (Å²) in [7, 11) is 0. The van der Waals surface area contributed by atoms with Crippen LogP contribution in [-0.2, 0) is 11.2 Å². The number of amides is 1. The minimum Gasteiger partial charge on any atom is -0.491 e. The number of hydrogen-bond acceptors (Lipinski definition) is 2. The fraction of sp³-hybridized carbons (Fsp3) is 0.316. The Kier molecular flexibility index (Phi) is 6.01. The van der Waals surface area contributed by atoms with Crippen LogP contribution in [0.1, 0.15) is 24.5 Å². The number of carbonyl (C=O) groups is 1. The maximum absolute atomic E-state index is 11.9. The van der Waals surface area contributed by atoms with Gasteiger partial charge in [-0.2, -0.15) is 0 Å². The molecule has 2 rings (SSSR count). The van der Waals surface area contributed by atoms with Crippen LogP contribution < -0.4 is 10.1 Å². The molecule has 22 heavy (non-hydrogen) atoms. The highest BCUT2D eigenvalue weighted by molar-refractivity contribution is 5.76. The number of benzene rings is 2. The molecule has 116 valence electrons. The Bertz CT molecular complexity index is 578. The van der Waals surface area contributed by atoms with Crippen molar-refractivity contribution in [3.63, 3.8) is 0 Å². The molecule has 0 radical (unpaired) electrons. The molecular weight excluding hydrogens is 274 g/mol. The fourth-order valence-electron chi connectivity index (χ4n) is 2.15. The summed E-state index contributed by atoms with van der Waals surface area (Å²) in [6.07, 6.45) is 1.26. The van der Waals surface area contributed by atoms with Gasteiger partial charge in [0.1, 0.15) is 12.4 Å². The van der Waals surface area contributed by atoms with Crippen LogP contribution >= 0.6 is 0 Å². The zero-order valence-electron chi connectivity index (χ0n) is 13.2.